The minimum atomic E-state index is -0.509. The van der Waals surface area contributed by atoms with E-state index in [-0.39, 0.29) is 11.8 Å². The lowest BCUT2D eigenvalue weighted by atomic mass is 10.1. The smallest absolute Gasteiger partial charge is 0.242 e. The van der Waals surface area contributed by atoms with Gasteiger partial charge in [0.15, 0.2) is 0 Å². The summed E-state index contributed by atoms with van der Waals surface area (Å²) in [4.78, 5) is 27.4. The van der Waals surface area contributed by atoms with Crippen molar-refractivity contribution in [1.82, 2.24) is 10.2 Å². The SMILES string of the molecule is CCCNC(=O)C(C)N(Cc1ccccc1C)C(=O)CSCc1cc(C)cc(C)c1. The Hall–Kier alpha value is -2.27. The molecule has 0 aliphatic heterocycles. The van der Waals surface area contributed by atoms with Gasteiger partial charge in [-0.2, -0.15) is 0 Å². The maximum atomic E-state index is 13.1. The topological polar surface area (TPSA) is 49.4 Å². The third-order valence-electron chi connectivity index (χ3n) is 5.09. The largest absolute Gasteiger partial charge is 0.354 e. The van der Waals surface area contributed by atoms with E-state index in [0.29, 0.717) is 18.8 Å². The van der Waals surface area contributed by atoms with Crippen LogP contribution in [0.3, 0.4) is 0 Å². The molecule has 0 saturated heterocycles. The molecule has 0 spiro atoms. The highest BCUT2D eigenvalue weighted by molar-refractivity contribution is 7.99. The van der Waals surface area contributed by atoms with Gasteiger partial charge in [-0.25, -0.2) is 0 Å². The maximum Gasteiger partial charge on any atom is 0.242 e. The molecule has 162 valence electrons. The fourth-order valence-corrected chi connectivity index (χ4v) is 4.29. The Kier molecular flexibility index (Phi) is 9.44. The molecule has 30 heavy (non-hydrogen) atoms. The second-order valence-electron chi connectivity index (χ2n) is 7.90. The summed E-state index contributed by atoms with van der Waals surface area (Å²) in [6.45, 7) is 11.1. The zero-order valence-electron chi connectivity index (χ0n) is 18.8. The number of nitrogens with zero attached hydrogens (tertiary/aromatic N) is 1. The Morgan fingerprint density at radius 2 is 1.73 bits per heavy atom. The van der Waals surface area contributed by atoms with Crippen molar-refractivity contribution < 1.29 is 9.59 Å². The van der Waals surface area contributed by atoms with Crippen LogP contribution >= 0.6 is 11.8 Å². The molecule has 0 radical (unpaired) electrons. The van der Waals surface area contributed by atoms with Crippen LogP contribution in [0.15, 0.2) is 42.5 Å². The molecule has 1 unspecified atom stereocenters. The molecule has 0 aliphatic carbocycles. The van der Waals surface area contributed by atoms with Crippen molar-refractivity contribution in [3.8, 4) is 0 Å². The number of carbonyl (C=O) groups excluding carboxylic acids is 2. The van der Waals surface area contributed by atoms with Crippen LogP contribution < -0.4 is 5.32 Å². The Morgan fingerprint density at radius 1 is 1.07 bits per heavy atom. The Morgan fingerprint density at radius 3 is 2.37 bits per heavy atom. The fraction of sp³-hybridized carbons (Fsp3) is 0.440. The minimum Gasteiger partial charge on any atom is -0.354 e. The van der Waals surface area contributed by atoms with E-state index in [1.807, 2.05) is 45.0 Å². The van der Waals surface area contributed by atoms with Crippen molar-refractivity contribution in [3.63, 3.8) is 0 Å². The van der Waals surface area contributed by atoms with Crippen LogP contribution in [-0.2, 0) is 21.9 Å². The summed E-state index contributed by atoms with van der Waals surface area (Å²) >= 11 is 1.60. The van der Waals surface area contributed by atoms with Crippen molar-refractivity contribution in [2.24, 2.45) is 0 Å². The fourth-order valence-electron chi connectivity index (χ4n) is 3.44. The zero-order valence-corrected chi connectivity index (χ0v) is 19.6. The summed E-state index contributed by atoms with van der Waals surface area (Å²) in [5.74, 6) is 1.03. The number of hydrogen-bond acceptors (Lipinski definition) is 3. The lowest BCUT2D eigenvalue weighted by Gasteiger charge is -2.29. The summed E-state index contributed by atoms with van der Waals surface area (Å²) in [5.41, 5.74) is 5.89. The van der Waals surface area contributed by atoms with Crippen molar-refractivity contribution in [2.45, 2.75) is 59.4 Å². The molecule has 0 fully saturated rings. The van der Waals surface area contributed by atoms with E-state index >= 15 is 0 Å². The Balaban J connectivity index is 2.08. The number of aryl methyl sites for hydroxylation is 3. The van der Waals surface area contributed by atoms with Crippen LogP contribution in [0.5, 0.6) is 0 Å². The molecule has 0 saturated carbocycles. The van der Waals surface area contributed by atoms with Gasteiger partial charge in [0.25, 0.3) is 0 Å². The molecule has 0 aliphatic rings. The van der Waals surface area contributed by atoms with Crippen molar-refractivity contribution in [2.75, 3.05) is 12.3 Å². The van der Waals surface area contributed by atoms with Crippen LogP contribution in [0.2, 0.25) is 0 Å². The molecule has 1 atom stereocenters. The van der Waals surface area contributed by atoms with Gasteiger partial charge in [-0.05, 0) is 50.8 Å². The number of hydrogen-bond donors (Lipinski definition) is 1. The Labute approximate surface area is 185 Å². The van der Waals surface area contributed by atoms with E-state index in [4.69, 9.17) is 0 Å². The van der Waals surface area contributed by atoms with Crippen molar-refractivity contribution in [3.05, 3.63) is 70.3 Å². The molecule has 2 rings (SSSR count). The van der Waals surface area contributed by atoms with Gasteiger partial charge in [0.1, 0.15) is 6.04 Å². The molecule has 0 aromatic heterocycles. The molecule has 2 amide bonds. The van der Waals surface area contributed by atoms with E-state index in [1.54, 1.807) is 16.7 Å². The van der Waals surface area contributed by atoms with Crippen molar-refractivity contribution in [1.29, 1.82) is 0 Å². The Bertz CT molecular complexity index is 846. The van der Waals surface area contributed by atoms with Gasteiger partial charge in [-0.3, -0.25) is 9.59 Å². The van der Waals surface area contributed by atoms with Gasteiger partial charge < -0.3 is 10.2 Å². The first-order valence-corrected chi connectivity index (χ1v) is 11.7. The molecule has 2 aromatic rings. The quantitative estimate of drug-likeness (QED) is 0.594. The van der Waals surface area contributed by atoms with Crippen LogP contribution in [0.4, 0.5) is 0 Å². The maximum absolute atomic E-state index is 13.1. The summed E-state index contributed by atoms with van der Waals surface area (Å²) in [7, 11) is 0. The second-order valence-corrected chi connectivity index (χ2v) is 8.89. The number of thioether (sulfide) groups is 1. The van der Waals surface area contributed by atoms with Crippen LogP contribution in [0.1, 0.15) is 48.1 Å². The average molecular weight is 427 g/mol. The van der Waals surface area contributed by atoms with E-state index in [1.165, 1.54) is 16.7 Å². The van der Waals surface area contributed by atoms with Gasteiger partial charge in [-0.1, -0.05) is 60.5 Å². The van der Waals surface area contributed by atoms with Gasteiger partial charge in [0.2, 0.25) is 11.8 Å². The number of nitrogens with one attached hydrogen (secondary N) is 1. The molecule has 4 nitrogen and oxygen atoms in total. The van der Waals surface area contributed by atoms with E-state index in [0.717, 1.165) is 23.3 Å². The first kappa shape index (κ1) is 24.0. The predicted molar refractivity (Wildman–Crippen MR) is 127 cm³/mol. The first-order valence-electron chi connectivity index (χ1n) is 10.6. The highest BCUT2D eigenvalue weighted by atomic mass is 32.2. The molecule has 0 heterocycles. The van der Waals surface area contributed by atoms with Gasteiger partial charge in [0.05, 0.1) is 5.75 Å². The lowest BCUT2D eigenvalue weighted by Crippen LogP contribution is -2.48. The molecular weight excluding hydrogens is 392 g/mol. The first-order chi connectivity index (χ1) is 14.3. The van der Waals surface area contributed by atoms with Gasteiger partial charge in [0, 0.05) is 18.8 Å². The molecular formula is C25H34N2O2S. The molecule has 2 aromatic carbocycles. The minimum absolute atomic E-state index is 0.00761. The molecule has 0 bridgehead atoms. The number of rotatable bonds is 10. The van der Waals surface area contributed by atoms with E-state index < -0.39 is 6.04 Å². The van der Waals surface area contributed by atoms with E-state index in [2.05, 4.69) is 37.4 Å². The summed E-state index contributed by atoms with van der Waals surface area (Å²) < 4.78 is 0. The highest BCUT2D eigenvalue weighted by Crippen LogP contribution is 2.19. The normalized spacial score (nSPS) is 11.8. The molecule has 5 heteroatoms. The molecule has 1 N–H and O–H groups in total. The summed E-state index contributed by atoms with van der Waals surface area (Å²) in [6, 6.07) is 14.0. The van der Waals surface area contributed by atoms with Crippen molar-refractivity contribution >= 4 is 23.6 Å². The summed E-state index contributed by atoms with van der Waals surface area (Å²) in [6.07, 6.45) is 0.871. The lowest BCUT2D eigenvalue weighted by molar-refractivity contribution is -0.138. The number of benzene rings is 2. The number of carbonyl (C=O) groups is 2. The van der Waals surface area contributed by atoms with Gasteiger partial charge in [-0.15, -0.1) is 11.8 Å². The van der Waals surface area contributed by atoms with E-state index in [9.17, 15) is 9.59 Å². The number of amides is 2. The van der Waals surface area contributed by atoms with Crippen LogP contribution in [0.25, 0.3) is 0 Å². The third-order valence-corrected chi connectivity index (χ3v) is 6.08. The highest BCUT2D eigenvalue weighted by Gasteiger charge is 2.26. The second kappa shape index (κ2) is 11.8. The standard InChI is InChI=1S/C25H34N2O2S/c1-6-11-26-25(29)21(5)27(15-23-10-8-7-9-20(23)4)24(28)17-30-16-22-13-18(2)12-19(3)14-22/h7-10,12-14,21H,6,11,15-17H2,1-5H3,(H,26,29). The third kappa shape index (κ3) is 7.21. The average Bonchev–Trinajstić information content (AvgIpc) is 2.70. The predicted octanol–water partition coefficient (Wildman–Crippen LogP) is 4.79. The van der Waals surface area contributed by atoms with Crippen LogP contribution in [-0.4, -0.2) is 35.1 Å². The summed E-state index contributed by atoms with van der Waals surface area (Å²) in [5, 5.41) is 2.92. The van der Waals surface area contributed by atoms with Gasteiger partial charge >= 0.3 is 0 Å². The van der Waals surface area contributed by atoms with Crippen LogP contribution in [0, 0.1) is 20.8 Å². The zero-order chi connectivity index (χ0) is 22.1. The monoisotopic (exact) mass is 426 g/mol.